The lowest BCUT2D eigenvalue weighted by molar-refractivity contribution is -0.137. The molecule has 0 aliphatic rings. The predicted molar refractivity (Wildman–Crippen MR) is 205 cm³/mol. The van der Waals surface area contributed by atoms with E-state index < -0.39 is 22.6 Å². The minimum atomic E-state index is -4.67. The van der Waals surface area contributed by atoms with Crippen LogP contribution in [0.15, 0.2) is 118 Å². The maximum atomic E-state index is 13.4. The predicted octanol–water partition coefficient (Wildman–Crippen LogP) is 9.60. The van der Waals surface area contributed by atoms with Crippen molar-refractivity contribution in [3.05, 3.63) is 146 Å². The molecule has 258 valence electrons. The van der Waals surface area contributed by atoms with Crippen molar-refractivity contribution in [1.82, 2.24) is 17.5 Å². The summed E-state index contributed by atoms with van der Waals surface area (Å²) in [6, 6.07) is 31.4. The monoisotopic (exact) mass is 740 g/mol. The first-order chi connectivity index (χ1) is 25.5. The molecule has 9 aromatic rings. The van der Waals surface area contributed by atoms with Gasteiger partial charge in [0.25, 0.3) is 5.43 Å². The minimum absolute atomic E-state index is 0.0343. The van der Waals surface area contributed by atoms with E-state index in [-0.39, 0.29) is 21.8 Å². The Morgan fingerprint density at radius 1 is 0.566 bits per heavy atom. The maximum Gasteiger partial charge on any atom is 0.416 e. The van der Waals surface area contributed by atoms with Crippen molar-refractivity contribution in [2.24, 2.45) is 4.99 Å². The van der Waals surface area contributed by atoms with Crippen molar-refractivity contribution in [1.29, 1.82) is 0 Å². The van der Waals surface area contributed by atoms with Crippen molar-refractivity contribution in [2.45, 2.75) is 20.0 Å². The van der Waals surface area contributed by atoms with E-state index in [0.717, 1.165) is 69.2 Å². The first-order valence-corrected chi connectivity index (χ1v) is 17.8. The Hall–Kier alpha value is -6.18. The molecule has 0 amide bonds. The molecule has 0 fully saturated rings. The fourth-order valence-corrected chi connectivity index (χ4v) is 7.81. The molecular weight excluding hydrogens is 718 g/mol. The fraction of sp³-hybridized carbons (Fsp3) is 0.0750. The average molecular weight is 741 g/mol. The van der Waals surface area contributed by atoms with Gasteiger partial charge < -0.3 is 4.90 Å². The maximum absolute atomic E-state index is 13.4. The lowest BCUT2D eigenvalue weighted by atomic mass is 9.97. The molecule has 0 spiro atoms. The van der Waals surface area contributed by atoms with Crippen LogP contribution < -0.4 is 21.1 Å². The zero-order valence-electron chi connectivity index (χ0n) is 27.8. The van der Waals surface area contributed by atoms with Crippen molar-refractivity contribution in [2.75, 3.05) is 4.90 Å². The molecule has 13 heteroatoms. The van der Waals surface area contributed by atoms with E-state index >= 15 is 0 Å². The summed E-state index contributed by atoms with van der Waals surface area (Å²) in [6.45, 7) is 4.12. The summed E-state index contributed by atoms with van der Waals surface area (Å²) in [5.74, 6) is 0. The number of anilines is 3. The van der Waals surface area contributed by atoms with E-state index in [9.17, 15) is 22.8 Å². The van der Waals surface area contributed by atoms with Crippen LogP contribution in [0, 0.1) is 13.8 Å². The summed E-state index contributed by atoms with van der Waals surface area (Å²) in [4.78, 5) is 32.6. The Morgan fingerprint density at radius 2 is 1.09 bits per heavy atom. The topological polar surface area (TPSA) is 101 Å². The Bertz CT molecular complexity index is 3010. The Balaban J connectivity index is 1.19. The number of alkyl halides is 3. The first-order valence-electron chi connectivity index (χ1n) is 16.3. The summed E-state index contributed by atoms with van der Waals surface area (Å²) in [7, 11) is 0. The molecule has 0 aliphatic carbocycles. The second-order valence-corrected chi connectivity index (χ2v) is 13.8. The molecule has 7 aromatic carbocycles. The molecule has 2 heterocycles. The number of halogens is 3. The number of fused-ring (bicyclic) bond motifs is 6. The van der Waals surface area contributed by atoms with Crippen molar-refractivity contribution in [3.63, 3.8) is 0 Å². The third-order valence-corrected chi connectivity index (χ3v) is 10.4. The number of benzene rings is 6. The lowest BCUT2D eigenvalue weighted by Gasteiger charge is -2.26. The average Bonchev–Trinajstić information content (AvgIpc) is 3.90. The van der Waals surface area contributed by atoms with Crippen LogP contribution in [0.4, 0.5) is 35.9 Å². The molecular formula is C40H23F3N6O2S2. The standard InChI is InChI=1S/C40H23F3N6O2S2/c1-20-3-10-24(11-4-20)49(25-12-5-21(2)6-13-25)26-14-7-22(8-15-26)28-18-29-30(34-33(28)45-52-46-34)19-32(37-35(29)47-53-48-37)44-36-27-16-9-23(40(41,42)43)17-31(27)38(50)39(36)51/h3-19H,1-2H3/b44-36-. The van der Waals surface area contributed by atoms with Crippen LogP contribution in [-0.4, -0.2) is 17.5 Å². The molecule has 0 bridgehead atoms. The highest BCUT2D eigenvalue weighted by atomic mass is 32.1. The van der Waals surface area contributed by atoms with Crippen LogP contribution in [-0.2, 0) is 6.18 Å². The molecule has 8 nitrogen and oxygen atoms in total. The van der Waals surface area contributed by atoms with Crippen LogP contribution in [0.5, 0.6) is 0 Å². The highest BCUT2D eigenvalue weighted by molar-refractivity contribution is 7.00. The molecule has 0 unspecified atom stereocenters. The van der Waals surface area contributed by atoms with Crippen molar-refractivity contribution >= 4 is 89.8 Å². The largest absolute Gasteiger partial charge is 0.416 e. The summed E-state index contributed by atoms with van der Waals surface area (Å²) in [6.07, 6.45) is -4.67. The zero-order valence-corrected chi connectivity index (χ0v) is 29.4. The van der Waals surface area contributed by atoms with Crippen molar-refractivity contribution < 1.29 is 13.2 Å². The number of aromatic nitrogens is 4. The van der Waals surface area contributed by atoms with Crippen LogP contribution in [0.3, 0.4) is 0 Å². The SMILES string of the molecule is Cc1ccc(N(c2ccc(C)cc2)c2ccc(-c3cc4c(cc(/N=c5\c(=O)c(=O)c6cc(C(F)(F)F)ccc56)c5nsnc54)c4nsnc34)cc2)cc1. The summed E-state index contributed by atoms with van der Waals surface area (Å²) in [5.41, 5.74) is 6.44. The van der Waals surface area contributed by atoms with Gasteiger partial charge in [-0.1, -0.05) is 53.6 Å². The molecule has 2 aromatic heterocycles. The van der Waals surface area contributed by atoms with E-state index in [2.05, 4.69) is 102 Å². The number of hydrogen-bond donors (Lipinski definition) is 0. The summed E-state index contributed by atoms with van der Waals surface area (Å²) < 4.78 is 58.5. The van der Waals surface area contributed by atoms with Crippen LogP contribution in [0.2, 0.25) is 0 Å². The molecule has 0 saturated heterocycles. The van der Waals surface area contributed by atoms with Gasteiger partial charge >= 0.3 is 6.18 Å². The van der Waals surface area contributed by atoms with Gasteiger partial charge in [-0.3, -0.25) is 9.59 Å². The van der Waals surface area contributed by atoms with Gasteiger partial charge in [0.2, 0.25) is 5.43 Å². The lowest BCUT2D eigenvalue weighted by Crippen LogP contribution is -2.30. The van der Waals surface area contributed by atoms with Gasteiger partial charge in [0.15, 0.2) is 0 Å². The van der Waals surface area contributed by atoms with Crippen LogP contribution >= 0.6 is 23.5 Å². The molecule has 0 N–H and O–H groups in total. The second-order valence-electron chi connectivity index (χ2n) is 12.8. The van der Waals surface area contributed by atoms with Gasteiger partial charge in [-0.15, -0.1) is 0 Å². The van der Waals surface area contributed by atoms with Gasteiger partial charge in [0.1, 0.15) is 27.4 Å². The van der Waals surface area contributed by atoms with E-state index in [0.29, 0.717) is 33.5 Å². The van der Waals surface area contributed by atoms with E-state index in [1.54, 1.807) is 6.07 Å². The Kier molecular flexibility index (Phi) is 7.54. The minimum Gasteiger partial charge on any atom is -0.311 e. The number of nitrogens with zero attached hydrogens (tertiary/aromatic N) is 6. The number of aryl methyl sites for hydroxylation is 2. The molecule has 53 heavy (non-hydrogen) atoms. The fourth-order valence-electron chi connectivity index (χ4n) is 6.67. The van der Waals surface area contributed by atoms with Gasteiger partial charge in [0, 0.05) is 44.2 Å². The molecule has 9 rings (SSSR count). The van der Waals surface area contributed by atoms with Crippen LogP contribution in [0.1, 0.15) is 16.7 Å². The quantitative estimate of drug-likeness (QED) is 0.162. The van der Waals surface area contributed by atoms with Crippen LogP contribution in [0.25, 0.3) is 54.7 Å². The van der Waals surface area contributed by atoms with Gasteiger partial charge in [-0.25, -0.2) is 4.99 Å². The molecule has 0 radical (unpaired) electrons. The van der Waals surface area contributed by atoms with Gasteiger partial charge in [0.05, 0.1) is 34.7 Å². The smallest absolute Gasteiger partial charge is 0.311 e. The summed E-state index contributed by atoms with van der Waals surface area (Å²) >= 11 is 2.01. The highest BCUT2D eigenvalue weighted by Crippen LogP contribution is 2.41. The summed E-state index contributed by atoms with van der Waals surface area (Å²) in [5, 5.41) is 0.846. The molecule has 0 saturated carbocycles. The highest BCUT2D eigenvalue weighted by Gasteiger charge is 2.31. The van der Waals surface area contributed by atoms with E-state index in [1.165, 1.54) is 11.1 Å². The van der Waals surface area contributed by atoms with Gasteiger partial charge in [-0.2, -0.15) is 30.7 Å². The second kappa shape index (κ2) is 12.2. The number of hydrogen-bond acceptors (Lipinski definition) is 10. The third-order valence-electron chi connectivity index (χ3n) is 9.37. The number of rotatable bonds is 5. The molecule has 0 atom stereocenters. The Labute approximate surface area is 306 Å². The third kappa shape index (κ3) is 5.47. The van der Waals surface area contributed by atoms with E-state index in [4.69, 9.17) is 0 Å². The Morgan fingerprint density at radius 3 is 1.70 bits per heavy atom. The zero-order chi connectivity index (χ0) is 36.6. The normalized spacial score (nSPS) is 12.5. The van der Waals surface area contributed by atoms with E-state index in [1.807, 2.05) is 18.2 Å². The molecule has 0 aliphatic heterocycles. The first kappa shape index (κ1) is 32.7. The van der Waals surface area contributed by atoms with Crippen molar-refractivity contribution in [3.8, 4) is 11.1 Å². The van der Waals surface area contributed by atoms with Gasteiger partial charge in [-0.05, 0) is 80.1 Å².